The van der Waals surface area contributed by atoms with Gasteiger partial charge in [-0.05, 0) is 25.7 Å². The maximum Gasteiger partial charge on any atom is 0.126 e. The van der Waals surface area contributed by atoms with Gasteiger partial charge in [0.2, 0.25) is 0 Å². The van der Waals surface area contributed by atoms with Crippen LogP contribution in [-0.2, 0) is 13.0 Å². The standard InChI is InChI=1S/C15H27N3/c1-3-5-11-18-14(16)13(4-2)17-15(18)12-9-7-6-8-10-12/h12H,3-11,16H2,1-2H3. The molecular weight excluding hydrogens is 222 g/mol. The molecule has 1 aromatic rings. The molecule has 0 aliphatic heterocycles. The highest BCUT2D eigenvalue weighted by atomic mass is 15.1. The number of aryl methyl sites for hydroxylation is 1. The quantitative estimate of drug-likeness (QED) is 0.860. The van der Waals surface area contributed by atoms with Gasteiger partial charge in [0.25, 0.3) is 0 Å². The molecule has 0 saturated heterocycles. The predicted molar refractivity (Wildman–Crippen MR) is 76.8 cm³/mol. The van der Waals surface area contributed by atoms with E-state index in [2.05, 4.69) is 18.4 Å². The number of imidazole rings is 1. The summed E-state index contributed by atoms with van der Waals surface area (Å²) in [4.78, 5) is 4.84. The van der Waals surface area contributed by atoms with E-state index in [0.29, 0.717) is 5.92 Å². The second kappa shape index (κ2) is 6.26. The SMILES string of the molecule is CCCCn1c(C2CCCCC2)nc(CC)c1N. The van der Waals surface area contributed by atoms with E-state index in [4.69, 9.17) is 10.7 Å². The predicted octanol–water partition coefficient (Wildman–Crippen LogP) is 3.88. The first-order valence-corrected chi connectivity index (χ1v) is 7.62. The molecule has 0 bridgehead atoms. The summed E-state index contributed by atoms with van der Waals surface area (Å²) in [7, 11) is 0. The largest absolute Gasteiger partial charge is 0.384 e. The van der Waals surface area contributed by atoms with Crippen molar-refractivity contribution in [3.8, 4) is 0 Å². The van der Waals surface area contributed by atoms with Gasteiger partial charge in [-0.3, -0.25) is 0 Å². The second-order valence-corrected chi connectivity index (χ2v) is 5.50. The Hall–Kier alpha value is -0.990. The Labute approximate surface area is 111 Å². The Morgan fingerprint density at radius 3 is 2.56 bits per heavy atom. The van der Waals surface area contributed by atoms with Gasteiger partial charge in [0, 0.05) is 12.5 Å². The average molecular weight is 249 g/mol. The highest BCUT2D eigenvalue weighted by Crippen LogP contribution is 2.34. The van der Waals surface area contributed by atoms with E-state index in [1.807, 2.05) is 0 Å². The summed E-state index contributed by atoms with van der Waals surface area (Å²) in [5.74, 6) is 2.85. The number of hydrogen-bond acceptors (Lipinski definition) is 2. The lowest BCUT2D eigenvalue weighted by Gasteiger charge is -2.22. The van der Waals surface area contributed by atoms with Crippen molar-refractivity contribution in [3.63, 3.8) is 0 Å². The number of unbranched alkanes of at least 4 members (excludes halogenated alkanes) is 1. The molecule has 1 aromatic heterocycles. The topological polar surface area (TPSA) is 43.8 Å². The van der Waals surface area contributed by atoms with Crippen molar-refractivity contribution >= 4 is 5.82 Å². The van der Waals surface area contributed by atoms with Crippen LogP contribution < -0.4 is 5.73 Å². The van der Waals surface area contributed by atoms with Gasteiger partial charge in [0.05, 0.1) is 5.69 Å². The number of aromatic nitrogens is 2. The minimum absolute atomic E-state index is 0.651. The molecule has 1 aliphatic rings. The van der Waals surface area contributed by atoms with E-state index in [1.165, 1.54) is 50.8 Å². The zero-order valence-electron chi connectivity index (χ0n) is 11.9. The van der Waals surface area contributed by atoms with Crippen LogP contribution in [0.4, 0.5) is 5.82 Å². The number of hydrogen-bond donors (Lipinski definition) is 1. The van der Waals surface area contributed by atoms with Crippen molar-refractivity contribution in [1.82, 2.24) is 9.55 Å². The number of rotatable bonds is 5. The van der Waals surface area contributed by atoms with Gasteiger partial charge in [-0.15, -0.1) is 0 Å². The van der Waals surface area contributed by atoms with Crippen LogP contribution in [0.5, 0.6) is 0 Å². The van der Waals surface area contributed by atoms with Gasteiger partial charge < -0.3 is 10.3 Å². The molecule has 1 fully saturated rings. The van der Waals surface area contributed by atoms with Gasteiger partial charge >= 0.3 is 0 Å². The number of nitrogens with two attached hydrogens (primary N) is 1. The summed E-state index contributed by atoms with van der Waals surface area (Å²) in [6.45, 7) is 5.42. The highest BCUT2D eigenvalue weighted by Gasteiger charge is 2.23. The van der Waals surface area contributed by atoms with E-state index >= 15 is 0 Å². The van der Waals surface area contributed by atoms with Crippen LogP contribution in [0.2, 0.25) is 0 Å². The molecule has 0 aromatic carbocycles. The van der Waals surface area contributed by atoms with Crippen molar-refractivity contribution in [2.24, 2.45) is 0 Å². The molecule has 0 amide bonds. The summed E-state index contributed by atoms with van der Waals surface area (Å²) in [5.41, 5.74) is 7.37. The second-order valence-electron chi connectivity index (χ2n) is 5.50. The van der Waals surface area contributed by atoms with Crippen LogP contribution in [-0.4, -0.2) is 9.55 Å². The van der Waals surface area contributed by atoms with Crippen molar-refractivity contribution in [2.75, 3.05) is 5.73 Å². The van der Waals surface area contributed by atoms with Crippen LogP contribution in [0.15, 0.2) is 0 Å². The maximum atomic E-state index is 6.26. The molecule has 0 spiro atoms. The first-order valence-electron chi connectivity index (χ1n) is 7.62. The van der Waals surface area contributed by atoms with E-state index in [-0.39, 0.29) is 0 Å². The Kier molecular flexibility index (Phi) is 4.67. The van der Waals surface area contributed by atoms with E-state index in [1.54, 1.807) is 0 Å². The monoisotopic (exact) mass is 249 g/mol. The molecule has 1 aliphatic carbocycles. The fourth-order valence-corrected chi connectivity index (χ4v) is 3.02. The number of nitrogen functional groups attached to an aromatic ring is 1. The molecule has 0 unspecified atom stereocenters. The first kappa shape index (κ1) is 13.4. The molecule has 1 saturated carbocycles. The van der Waals surface area contributed by atoms with Crippen molar-refractivity contribution in [2.45, 2.75) is 77.7 Å². The first-order chi connectivity index (χ1) is 8.77. The zero-order valence-corrected chi connectivity index (χ0v) is 11.9. The van der Waals surface area contributed by atoms with Crippen LogP contribution >= 0.6 is 0 Å². The highest BCUT2D eigenvalue weighted by molar-refractivity contribution is 5.39. The Balaban J connectivity index is 2.25. The van der Waals surface area contributed by atoms with Gasteiger partial charge in [-0.2, -0.15) is 0 Å². The lowest BCUT2D eigenvalue weighted by atomic mass is 9.88. The molecule has 1 heterocycles. The van der Waals surface area contributed by atoms with Crippen LogP contribution in [0.3, 0.4) is 0 Å². The fourth-order valence-electron chi connectivity index (χ4n) is 3.02. The third-order valence-corrected chi connectivity index (χ3v) is 4.15. The minimum Gasteiger partial charge on any atom is -0.384 e. The van der Waals surface area contributed by atoms with Crippen molar-refractivity contribution < 1.29 is 0 Å². The summed E-state index contributed by atoms with van der Waals surface area (Å²) < 4.78 is 2.30. The third-order valence-electron chi connectivity index (χ3n) is 4.15. The summed E-state index contributed by atoms with van der Waals surface area (Å²) >= 11 is 0. The Morgan fingerprint density at radius 2 is 1.94 bits per heavy atom. The van der Waals surface area contributed by atoms with Crippen molar-refractivity contribution in [3.05, 3.63) is 11.5 Å². The maximum absolute atomic E-state index is 6.26. The lowest BCUT2D eigenvalue weighted by molar-refractivity contribution is 0.413. The van der Waals surface area contributed by atoms with E-state index in [0.717, 1.165) is 24.5 Å². The van der Waals surface area contributed by atoms with Gasteiger partial charge in [0.15, 0.2) is 0 Å². The molecule has 0 radical (unpaired) electrons. The van der Waals surface area contributed by atoms with Crippen LogP contribution in [0.25, 0.3) is 0 Å². The Bertz CT molecular complexity index is 375. The summed E-state index contributed by atoms with van der Waals surface area (Å²) in [5, 5.41) is 0. The zero-order chi connectivity index (χ0) is 13.0. The normalized spacial score (nSPS) is 17.2. The molecular formula is C15H27N3. The van der Waals surface area contributed by atoms with E-state index in [9.17, 15) is 0 Å². The molecule has 2 rings (SSSR count). The summed E-state index contributed by atoms with van der Waals surface area (Å²) in [6, 6.07) is 0. The molecule has 3 nitrogen and oxygen atoms in total. The van der Waals surface area contributed by atoms with Gasteiger partial charge in [-0.1, -0.05) is 39.5 Å². The molecule has 102 valence electrons. The molecule has 3 heteroatoms. The molecule has 0 atom stereocenters. The average Bonchev–Trinajstić information content (AvgIpc) is 2.74. The van der Waals surface area contributed by atoms with Gasteiger partial charge in [0.1, 0.15) is 11.6 Å². The summed E-state index contributed by atoms with van der Waals surface area (Å²) in [6.07, 6.45) is 10.1. The van der Waals surface area contributed by atoms with E-state index < -0.39 is 0 Å². The van der Waals surface area contributed by atoms with Crippen molar-refractivity contribution in [1.29, 1.82) is 0 Å². The molecule has 2 N–H and O–H groups in total. The smallest absolute Gasteiger partial charge is 0.126 e. The van der Waals surface area contributed by atoms with Crippen LogP contribution in [0, 0.1) is 0 Å². The van der Waals surface area contributed by atoms with Gasteiger partial charge in [-0.25, -0.2) is 4.98 Å². The van der Waals surface area contributed by atoms with Crippen LogP contribution in [0.1, 0.15) is 76.2 Å². The number of nitrogens with zero attached hydrogens (tertiary/aromatic N) is 2. The number of anilines is 1. The fraction of sp³-hybridized carbons (Fsp3) is 0.800. The Morgan fingerprint density at radius 1 is 1.22 bits per heavy atom. The third kappa shape index (κ3) is 2.70. The molecule has 18 heavy (non-hydrogen) atoms. The minimum atomic E-state index is 0.651. The lowest BCUT2D eigenvalue weighted by Crippen LogP contribution is -2.14.